The lowest BCUT2D eigenvalue weighted by Crippen LogP contribution is -2.58. The number of ketones is 1. The molecule has 0 N–H and O–H groups in total. The van der Waals surface area contributed by atoms with E-state index in [0.29, 0.717) is 23.0 Å². The molecule has 0 radical (unpaired) electrons. The Kier molecular flexibility index (Phi) is 2.34. The van der Waals surface area contributed by atoms with E-state index in [0.717, 1.165) is 50.5 Å². The lowest BCUT2D eigenvalue weighted by Gasteiger charge is -2.59. The zero-order valence-corrected chi connectivity index (χ0v) is 13.9. The van der Waals surface area contributed by atoms with E-state index in [1.54, 1.807) is 0 Å². The molecule has 1 amide bonds. The first-order chi connectivity index (χ1) is 10.4. The molecule has 2 aliphatic heterocycles. The van der Waals surface area contributed by atoms with Crippen molar-refractivity contribution in [3.63, 3.8) is 0 Å². The Hall–Kier alpha value is -0.860. The third-order valence-corrected chi connectivity index (χ3v) is 8.91. The minimum absolute atomic E-state index is 0.0181. The number of Topliss-reactive ketones (excluding diaryl/α,β-unsaturated/α-hetero) is 1. The molecule has 5 rings (SSSR count). The van der Waals surface area contributed by atoms with Crippen molar-refractivity contribution in [2.75, 3.05) is 6.54 Å². The molecule has 1 spiro atoms. The summed E-state index contributed by atoms with van der Waals surface area (Å²) in [5.41, 5.74) is 0.506. The minimum Gasteiger partial charge on any atom is -0.332 e. The van der Waals surface area contributed by atoms with Crippen LogP contribution >= 0.6 is 0 Å². The fraction of sp³-hybridized carbons (Fsp3) is 0.895. The van der Waals surface area contributed by atoms with Gasteiger partial charge in [-0.3, -0.25) is 9.59 Å². The lowest BCUT2D eigenvalue weighted by atomic mass is 9.46. The fourth-order valence-electron chi connectivity index (χ4n) is 7.46. The smallest absolute Gasteiger partial charge is 0.223 e. The number of rotatable bonds is 0. The highest BCUT2D eigenvalue weighted by atomic mass is 16.2. The average Bonchev–Trinajstić information content (AvgIpc) is 3.17. The number of piperidine rings is 1. The Morgan fingerprint density at radius 2 is 1.77 bits per heavy atom. The molecule has 0 aromatic rings. The van der Waals surface area contributed by atoms with Gasteiger partial charge in [0.2, 0.25) is 5.91 Å². The number of carbonyl (C=O) groups excluding carboxylic acids is 2. The van der Waals surface area contributed by atoms with E-state index in [-0.39, 0.29) is 11.0 Å². The molecule has 2 saturated heterocycles. The molecule has 0 aromatic heterocycles. The molecule has 5 unspecified atom stereocenters. The fourth-order valence-corrected chi connectivity index (χ4v) is 7.46. The lowest BCUT2D eigenvalue weighted by molar-refractivity contribution is -0.146. The van der Waals surface area contributed by atoms with Crippen LogP contribution in [0.1, 0.15) is 65.2 Å². The first kappa shape index (κ1) is 13.6. The number of amides is 1. The van der Waals surface area contributed by atoms with Crippen LogP contribution < -0.4 is 0 Å². The van der Waals surface area contributed by atoms with Gasteiger partial charge in [0.1, 0.15) is 5.78 Å². The summed E-state index contributed by atoms with van der Waals surface area (Å²) in [5.74, 6) is 3.03. The van der Waals surface area contributed by atoms with Gasteiger partial charge in [0.25, 0.3) is 0 Å². The Bertz CT molecular complexity index is 586. The number of carbonyl (C=O) groups is 2. The molecular formula is C19H27NO2. The van der Waals surface area contributed by atoms with Gasteiger partial charge in [-0.25, -0.2) is 0 Å². The van der Waals surface area contributed by atoms with Gasteiger partial charge in [-0.15, -0.1) is 0 Å². The Morgan fingerprint density at radius 1 is 0.955 bits per heavy atom. The van der Waals surface area contributed by atoms with Crippen LogP contribution in [0.4, 0.5) is 0 Å². The molecule has 6 atom stereocenters. The zero-order chi connectivity index (χ0) is 15.3. The normalized spacial score (nSPS) is 56.1. The van der Waals surface area contributed by atoms with Gasteiger partial charge in [0, 0.05) is 24.8 Å². The van der Waals surface area contributed by atoms with E-state index < -0.39 is 0 Å². The minimum atomic E-state index is -0.0181. The second-order valence-corrected chi connectivity index (χ2v) is 9.26. The predicted octanol–water partition coefficient (Wildman–Crippen LogP) is 3.17. The molecule has 3 aliphatic carbocycles. The SMILES string of the molecule is CC12CCC3C(CC[C@@]45CN4C(=O)CCC35C)C1CCC2=O. The molecule has 0 aromatic carbocycles. The molecule has 5 aliphatic rings. The van der Waals surface area contributed by atoms with Crippen LogP contribution in [0.15, 0.2) is 0 Å². The van der Waals surface area contributed by atoms with E-state index in [9.17, 15) is 9.59 Å². The summed E-state index contributed by atoms with van der Waals surface area (Å²) in [6.45, 7) is 5.76. The summed E-state index contributed by atoms with van der Waals surface area (Å²) in [5, 5.41) is 0. The van der Waals surface area contributed by atoms with E-state index in [1.165, 1.54) is 19.3 Å². The van der Waals surface area contributed by atoms with Crippen LogP contribution in [-0.2, 0) is 9.59 Å². The van der Waals surface area contributed by atoms with Crippen molar-refractivity contribution in [3.05, 3.63) is 0 Å². The summed E-state index contributed by atoms with van der Waals surface area (Å²) < 4.78 is 0. The number of fused-ring (bicyclic) bond motifs is 4. The number of nitrogens with zero attached hydrogens (tertiary/aromatic N) is 1. The van der Waals surface area contributed by atoms with Gasteiger partial charge in [0.05, 0.1) is 5.54 Å². The Balaban J connectivity index is 1.52. The molecule has 3 nitrogen and oxygen atoms in total. The molecule has 5 fully saturated rings. The van der Waals surface area contributed by atoms with Crippen LogP contribution in [0.2, 0.25) is 0 Å². The summed E-state index contributed by atoms with van der Waals surface area (Å²) in [4.78, 5) is 26.8. The second-order valence-electron chi connectivity index (χ2n) is 9.26. The standard InChI is InChI=1S/C19H27NO2/c1-17-8-6-14-12(13(17)3-4-15(17)21)5-10-19-11-20(19)16(22)7-9-18(14,19)2/h12-14H,3-11H2,1-2H3/t12?,13?,14?,17?,18?,19-,20?/m0/s1. The maximum Gasteiger partial charge on any atom is 0.223 e. The quantitative estimate of drug-likeness (QED) is 0.644. The van der Waals surface area contributed by atoms with Crippen molar-refractivity contribution in [3.8, 4) is 0 Å². The Morgan fingerprint density at radius 3 is 2.59 bits per heavy atom. The molecule has 120 valence electrons. The summed E-state index contributed by atoms with van der Waals surface area (Å²) in [6.07, 6.45) is 8.53. The maximum absolute atomic E-state index is 12.4. The molecule has 3 heteroatoms. The highest BCUT2D eigenvalue weighted by Gasteiger charge is 2.73. The number of hydrogen-bond donors (Lipinski definition) is 0. The monoisotopic (exact) mass is 301 g/mol. The van der Waals surface area contributed by atoms with E-state index in [2.05, 4.69) is 18.7 Å². The van der Waals surface area contributed by atoms with Crippen molar-refractivity contribution in [1.29, 1.82) is 0 Å². The van der Waals surface area contributed by atoms with Crippen LogP contribution in [0.3, 0.4) is 0 Å². The van der Waals surface area contributed by atoms with Crippen molar-refractivity contribution in [2.24, 2.45) is 28.6 Å². The first-order valence-electron chi connectivity index (χ1n) is 9.26. The van der Waals surface area contributed by atoms with Crippen LogP contribution in [-0.4, -0.2) is 28.7 Å². The van der Waals surface area contributed by atoms with Gasteiger partial charge in [-0.2, -0.15) is 0 Å². The van der Waals surface area contributed by atoms with Crippen molar-refractivity contribution in [1.82, 2.24) is 4.90 Å². The maximum atomic E-state index is 12.4. The van der Waals surface area contributed by atoms with Gasteiger partial charge in [-0.1, -0.05) is 13.8 Å². The van der Waals surface area contributed by atoms with Crippen LogP contribution in [0.25, 0.3) is 0 Å². The molecule has 22 heavy (non-hydrogen) atoms. The summed E-state index contributed by atoms with van der Waals surface area (Å²) >= 11 is 0. The number of hydrogen-bond acceptors (Lipinski definition) is 2. The molecule has 2 heterocycles. The van der Waals surface area contributed by atoms with E-state index in [4.69, 9.17) is 0 Å². The van der Waals surface area contributed by atoms with Crippen LogP contribution in [0, 0.1) is 28.6 Å². The van der Waals surface area contributed by atoms with Gasteiger partial charge in [0.15, 0.2) is 0 Å². The average molecular weight is 301 g/mol. The Labute approximate surface area is 132 Å². The highest BCUT2D eigenvalue weighted by Crippen LogP contribution is 2.70. The van der Waals surface area contributed by atoms with Crippen molar-refractivity contribution < 1.29 is 9.59 Å². The van der Waals surface area contributed by atoms with Crippen molar-refractivity contribution >= 4 is 11.7 Å². The second kappa shape index (κ2) is 3.79. The summed E-state index contributed by atoms with van der Waals surface area (Å²) in [6, 6.07) is 0. The van der Waals surface area contributed by atoms with E-state index >= 15 is 0 Å². The van der Waals surface area contributed by atoms with Crippen LogP contribution in [0.5, 0.6) is 0 Å². The molecule has 0 bridgehead atoms. The van der Waals surface area contributed by atoms with Gasteiger partial charge >= 0.3 is 0 Å². The molecule has 3 saturated carbocycles. The third-order valence-electron chi connectivity index (χ3n) is 8.91. The largest absolute Gasteiger partial charge is 0.332 e. The van der Waals surface area contributed by atoms with E-state index in [1.807, 2.05) is 0 Å². The first-order valence-corrected chi connectivity index (χ1v) is 9.26. The summed E-state index contributed by atoms with van der Waals surface area (Å²) in [7, 11) is 0. The highest BCUT2D eigenvalue weighted by molar-refractivity contribution is 5.87. The molecular weight excluding hydrogens is 274 g/mol. The third kappa shape index (κ3) is 1.28. The van der Waals surface area contributed by atoms with Gasteiger partial charge in [-0.05, 0) is 61.7 Å². The predicted molar refractivity (Wildman–Crippen MR) is 83.1 cm³/mol. The zero-order valence-electron chi connectivity index (χ0n) is 13.9. The van der Waals surface area contributed by atoms with Crippen molar-refractivity contribution in [2.45, 2.75) is 70.8 Å². The topological polar surface area (TPSA) is 37.1 Å². The van der Waals surface area contributed by atoms with Gasteiger partial charge < -0.3 is 4.90 Å².